The van der Waals surface area contributed by atoms with Gasteiger partial charge in [-0.15, -0.1) is 0 Å². The zero-order valence-electron chi connectivity index (χ0n) is 16.6. The summed E-state index contributed by atoms with van der Waals surface area (Å²) in [5.41, 5.74) is 2.13. The Morgan fingerprint density at radius 2 is 1.83 bits per heavy atom. The zero-order chi connectivity index (χ0) is 18.5. The lowest BCUT2D eigenvalue weighted by molar-refractivity contribution is 0.218. The van der Waals surface area contributed by atoms with Crippen molar-refractivity contribution >= 4 is 14.0 Å². The van der Waals surface area contributed by atoms with E-state index in [2.05, 4.69) is 46.0 Å². The second-order valence-corrected chi connectivity index (χ2v) is 12.9. The third kappa shape index (κ3) is 5.23. The van der Waals surface area contributed by atoms with Crippen molar-refractivity contribution in [1.82, 2.24) is 0 Å². The van der Waals surface area contributed by atoms with Gasteiger partial charge in [0.1, 0.15) is 5.75 Å². The minimum absolute atomic E-state index is 0.0286. The predicted octanol–water partition coefficient (Wildman–Crippen LogP) is 4.25. The summed E-state index contributed by atoms with van der Waals surface area (Å²) < 4.78 is 11.8. The Balaban J connectivity index is 2.84. The van der Waals surface area contributed by atoms with Gasteiger partial charge in [-0.25, -0.2) is 0 Å². The largest absolute Gasteiger partial charge is 0.496 e. The minimum atomic E-state index is -1.75. The fourth-order valence-corrected chi connectivity index (χ4v) is 3.39. The standard InChI is InChI=1S/C19H35NO3Si/c1-19(2,3)24(7,8)23-12-11-15(14-21)17-10-9-16(20(4)5)13-18(17)22-6/h9-10,13,15,21H,11-12,14H2,1-8H3/t15-/m0/s1. The molecule has 138 valence electrons. The van der Waals surface area contributed by atoms with E-state index in [0.717, 1.165) is 23.4 Å². The van der Waals surface area contributed by atoms with Crippen molar-refractivity contribution in [2.24, 2.45) is 0 Å². The van der Waals surface area contributed by atoms with E-state index >= 15 is 0 Å². The molecule has 0 saturated carbocycles. The zero-order valence-corrected chi connectivity index (χ0v) is 17.6. The number of methoxy groups -OCH3 is 1. The first-order valence-corrected chi connectivity index (χ1v) is 11.5. The first-order valence-electron chi connectivity index (χ1n) is 8.63. The van der Waals surface area contributed by atoms with Crippen LogP contribution in [0.1, 0.15) is 38.7 Å². The van der Waals surface area contributed by atoms with Gasteiger partial charge < -0.3 is 19.2 Å². The highest BCUT2D eigenvalue weighted by Crippen LogP contribution is 2.37. The van der Waals surface area contributed by atoms with Gasteiger partial charge in [-0.3, -0.25) is 0 Å². The number of nitrogens with zero attached hydrogens (tertiary/aromatic N) is 1. The van der Waals surface area contributed by atoms with Crippen LogP contribution in [-0.2, 0) is 4.43 Å². The highest BCUT2D eigenvalue weighted by molar-refractivity contribution is 6.74. The maximum atomic E-state index is 9.86. The van der Waals surface area contributed by atoms with Crippen LogP contribution >= 0.6 is 0 Å². The van der Waals surface area contributed by atoms with Gasteiger partial charge in [0.2, 0.25) is 0 Å². The second-order valence-electron chi connectivity index (χ2n) is 8.10. The predicted molar refractivity (Wildman–Crippen MR) is 105 cm³/mol. The van der Waals surface area contributed by atoms with E-state index in [9.17, 15) is 5.11 Å². The molecule has 4 nitrogen and oxygen atoms in total. The van der Waals surface area contributed by atoms with Gasteiger partial charge >= 0.3 is 0 Å². The van der Waals surface area contributed by atoms with Crippen LogP contribution in [0.3, 0.4) is 0 Å². The number of anilines is 1. The molecule has 0 aliphatic heterocycles. The molecule has 0 unspecified atom stereocenters. The van der Waals surface area contributed by atoms with Crippen molar-refractivity contribution in [3.63, 3.8) is 0 Å². The molecule has 0 amide bonds. The molecular weight excluding hydrogens is 318 g/mol. The molecule has 0 radical (unpaired) electrons. The van der Waals surface area contributed by atoms with E-state index in [0.29, 0.717) is 6.61 Å². The summed E-state index contributed by atoms with van der Waals surface area (Å²) in [5.74, 6) is 0.855. The normalized spacial score (nSPS) is 13.7. The third-order valence-corrected chi connectivity index (χ3v) is 9.67. The summed E-state index contributed by atoms with van der Waals surface area (Å²) in [6.45, 7) is 12.0. The van der Waals surface area contributed by atoms with Crippen LogP contribution in [0.2, 0.25) is 18.1 Å². The lowest BCUT2D eigenvalue weighted by Crippen LogP contribution is -2.41. The van der Waals surface area contributed by atoms with Crippen LogP contribution in [0, 0.1) is 0 Å². The fraction of sp³-hybridized carbons (Fsp3) is 0.684. The van der Waals surface area contributed by atoms with Gasteiger partial charge in [-0.1, -0.05) is 26.8 Å². The highest BCUT2D eigenvalue weighted by atomic mass is 28.4. The Hall–Kier alpha value is -1.04. The van der Waals surface area contributed by atoms with Crippen molar-refractivity contribution < 1.29 is 14.3 Å². The Bertz CT molecular complexity index is 524. The quantitative estimate of drug-likeness (QED) is 0.710. The van der Waals surface area contributed by atoms with Crippen molar-refractivity contribution in [3.05, 3.63) is 23.8 Å². The van der Waals surface area contributed by atoms with Crippen LogP contribution in [0.5, 0.6) is 5.75 Å². The van der Waals surface area contributed by atoms with E-state index in [-0.39, 0.29) is 17.6 Å². The SMILES string of the molecule is COc1cc(N(C)C)ccc1[C@H](CO)CCO[Si](C)(C)C(C)(C)C. The second kappa shape index (κ2) is 8.36. The van der Waals surface area contributed by atoms with Gasteiger partial charge in [0.25, 0.3) is 0 Å². The smallest absolute Gasteiger partial charge is 0.191 e. The van der Waals surface area contributed by atoms with Crippen LogP contribution < -0.4 is 9.64 Å². The summed E-state index contributed by atoms with van der Waals surface area (Å²) in [7, 11) is 3.94. The lowest BCUT2D eigenvalue weighted by atomic mass is 9.95. The van der Waals surface area contributed by atoms with E-state index in [1.165, 1.54) is 0 Å². The van der Waals surface area contributed by atoms with Gasteiger partial charge in [-0.2, -0.15) is 0 Å². The summed E-state index contributed by atoms with van der Waals surface area (Å²) in [6, 6.07) is 6.14. The lowest BCUT2D eigenvalue weighted by Gasteiger charge is -2.36. The molecule has 0 saturated heterocycles. The van der Waals surface area contributed by atoms with E-state index in [1.54, 1.807) is 7.11 Å². The molecule has 0 aromatic heterocycles. The van der Waals surface area contributed by atoms with Gasteiger partial charge in [-0.05, 0) is 36.2 Å². The summed E-state index contributed by atoms with van der Waals surface area (Å²) in [4.78, 5) is 2.04. The van der Waals surface area contributed by atoms with Crippen LogP contribution in [-0.4, -0.2) is 47.8 Å². The first kappa shape index (κ1) is 21.0. The molecule has 1 atom stereocenters. The maximum absolute atomic E-state index is 9.86. The monoisotopic (exact) mass is 353 g/mol. The molecule has 0 bridgehead atoms. The third-order valence-electron chi connectivity index (χ3n) is 5.13. The number of benzene rings is 1. The van der Waals surface area contributed by atoms with Gasteiger partial charge in [0, 0.05) is 38.4 Å². The fourth-order valence-electron chi connectivity index (χ4n) is 2.33. The number of ether oxygens (including phenoxy) is 1. The number of hydrogen-bond acceptors (Lipinski definition) is 4. The van der Waals surface area contributed by atoms with Crippen LogP contribution in [0.4, 0.5) is 5.69 Å². The summed E-state index contributed by atoms with van der Waals surface area (Å²) >= 11 is 0. The topological polar surface area (TPSA) is 41.9 Å². The molecule has 1 N–H and O–H groups in total. The number of aliphatic hydroxyl groups is 1. The van der Waals surface area contributed by atoms with Crippen molar-refractivity contribution in [3.8, 4) is 5.75 Å². The Morgan fingerprint density at radius 1 is 1.21 bits per heavy atom. The molecular formula is C19H35NO3Si. The highest BCUT2D eigenvalue weighted by Gasteiger charge is 2.37. The molecule has 1 aromatic carbocycles. The molecule has 0 spiro atoms. The van der Waals surface area contributed by atoms with Crippen LogP contribution in [0.25, 0.3) is 0 Å². The van der Waals surface area contributed by atoms with Crippen molar-refractivity contribution in [1.29, 1.82) is 0 Å². The number of rotatable bonds is 8. The molecule has 24 heavy (non-hydrogen) atoms. The minimum Gasteiger partial charge on any atom is -0.496 e. The Kier molecular flexibility index (Phi) is 7.32. The Labute approximate surface area is 148 Å². The van der Waals surface area contributed by atoms with E-state index in [4.69, 9.17) is 9.16 Å². The van der Waals surface area contributed by atoms with Gasteiger partial charge in [0.05, 0.1) is 13.7 Å². The maximum Gasteiger partial charge on any atom is 0.191 e. The molecule has 0 fully saturated rings. The first-order chi connectivity index (χ1) is 11.0. The molecule has 5 heteroatoms. The van der Waals surface area contributed by atoms with Crippen LogP contribution in [0.15, 0.2) is 18.2 Å². The van der Waals surface area contributed by atoms with Crippen molar-refractivity contribution in [2.75, 3.05) is 39.3 Å². The molecule has 0 aliphatic rings. The summed E-state index contributed by atoms with van der Waals surface area (Å²) in [6.07, 6.45) is 0.792. The van der Waals surface area contributed by atoms with E-state index < -0.39 is 8.32 Å². The number of hydrogen-bond donors (Lipinski definition) is 1. The van der Waals surface area contributed by atoms with E-state index in [1.807, 2.05) is 25.1 Å². The van der Waals surface area contributed by atoms with Crippen molar-refractivity contribution in [2.45, 2.75) is 51.2 Å². The summed E-state index contributed by atoms with van der Waals surface area (Å²) in [5, 5.41) is 10.1. The number of aliphatic hydroxyl groups excluding tert-OH is 1. The average Bonchev–Trinajstić information content (AvgIpc) is 2.49. The van der Waals surface area contributed by atoms with Gasteiger partial charge in [0.15, 0.2) is 8.32 Å². The average molecular weight is 354 g/mol. The molecule has 1 rings (SSSR count). The molecule has 0 aliphatic carbocycles. The Morgan fingerprint density at radius 3 is 2.29 bits per heavy atom. The molecule has 1 aromatic rings. The molecule has 0 heterocycles.